The topological polar surface area (TPSA) is 41.1 Å². The van der Waals surface area contributed by atoms with Crippen LogP contribution in [0.1, 0.15) is 17.5 Å². The normalized spacial score (nSPS) is 14.8. The molecule has 0 bridgehead atoms. The molecule has 1 aromatic carbocycles. The van der Waals surface area contributed by atoms with Gasteiger partial charge in [-0.25, -0.2) is 0 Å². The van der Waals surface area contributed by atoms with Gasteiger partial charge in [0.2, 0.25) is 5.91 Å². The number of amides is 1. The summed E-state index contributed by atoms with van der Waals surface area (Å²) in [5.74, 6) is 0.124. The van der Waals surface area contributed by atoms with Gasteiger partial charge in [-0.05, 0) is 30.7 Å². The largest absolute Gasteiger partial charge is 0.326 e. The quantitative estimate of drug-likeness (QED) is 0.737. The molecule has 1 heterocycles. The second-order valence-electron chi connectivity index (χ2n) is 3.57. The molecule has 3 heteroatoms. The fraction of sp³-hybridized carbons (Fsp3) is 0.364. The van der Waals surface area contributed by atoms with E-state index < -0.39 is 0 Å². The van der Waals surface area contributed by atoms with Crippen molar-refractivity contribution in [1.82, 2.24) is 5.32 Å². The summed E-state index contributed by atoms with van der Waals surface area (Å²) in [6.07, 6.45) is 1.47. The van der Waals surface area contributed by atoms with E-state index in [4.69, 9.17) is 0 Å². The first-order valence-corrected chi connectivity index (χ1v) is 4.86. The van der Waals surface area contributed by atoms with E-state index >= 15 is 0 Å². The Morgan fingerprint density at radius 1 is 1.43 bits per heavy atom. The van der Waals surface area contributed by atoms with E-state index in [9.17, 15) is 4.79 Å². The van der Waals surface area contributed by atoms with Crippen LogP contribution in [0.3, 0.4) is 0 Å². The smallest absolute Gasteiger partial charge is 0.224 e. The molecule has 0 saturated carbocycles. The number of hydrogen-bond acceptors (Lipinski definition) is 2. The first-order chi connectivity index (χ1) is 6.79. The maximum atomic E-state index is 11.2. The summed E-state index contributed by atoms with van der Waals surface area (Å²) >= 11 is 0. The molecule has 0 unspecified atom stereocenters. The molecule has 1 aromatic rings. The zero-order valence-corrected chi connectivity index (χ0v) is 8.26. The van der Waals surface area contributed by atoms with Crippen LogP contribution in [0.2, 0.25) is 0 Å². The van der Waals surface area contributed by atoms with Gasteiger partial charge in [0.15, 0.2) is 0 Å². The van der Waals surface area contributed by atoms with E-state index in [2.05, 4.69) is 22.8 Å². The number of benzene rings is 1. The van der Waals surface area contributed by atoms with Crippen LogP contribution in [0.25, 0.3) is 0 Å². The molecule has 74 valence electrons. The second-order valence-corrected chi connectivity index (χ2v) is 3.57. The van der Waals surface area contributed by atoms with Gasteiger partial charge < -0.3 is 10.6 Å². The number of aryl methyl sites for hydroxylation is 1. The molecule has 0 aromatic heterocycles. The van der Waals surface area contributed by atoms with Crippen molar-refractivity contribution in [2.75, 3.05) is 12.4 Å². The minimum absolute atomic E-state index is 0.124. The summed E-state index contributed by atoms with van der Waals surface area (Å²) in [6, 6.07) is 6.25. The molecule has 3 nitrogen and oxygen atoms in total. The lowest BCUT2D eigenvalue weighted by Crippen LogP contribution is -2.19. The van der Waals surface area contributed by atoms with Gasteiger partial charge >= 0.3 is 0 Å². The molecule has 1 aliphatic heterocycles. The van der Waals surface area contributed by atoms with Crippen LogP contribution in [0.5, 0.6) is 0 Å². The van der Waals surface area contributed by atoms with Crippen LogP contribution >= 0.6 is 0 Å². The second kappa shape index (κ2) is 3.80. The van der Waals surface area contributed by atoms with Gasteiger partial charge in [0.05, 0.1) is 0 Å². The molecule has 2 rings (SSSR count). The molecule has 0 fully saturated rings. The van der Waals surface area contributed by atoms with Crippen molar-refractivity contribution in [2.45, 2.75) is 19.4 Å². The Hall–Kier alpha value is -1.35. The first kappa shape index (κ1) is 9.21. The predicted molar refractivity (Wildman–Crippen MR) is 56.2 cm³/mol. The van der Waals surface area contributed by atoms with Crippen molar-refractivity contribution in [3.8, 4) is 0 Å². The highest BCUT2D eigenvalue weighted by Crippen LogP contribution is 2.23. The molecule has 1 aliphatic rings. The van der Waals surface area contributed by atoms with Crippen LogP contribution < -0.4 is 10.6 Å². The fourth-order valence-corrected chi connectivity index (χ4v) is 1.73. The lowest BCUT2D eigenvalue weighted by molar-refractivity contribution is -0.116. The Labute approximate surface area is 83.5 Å². The van der Waals surface area contributed by atoms with Crippen LogP contribution in [-0.2, 0) is 17.8 Å². The third kappa shape index (κ3) is 1.77. The van der Waals surface area contributed by atoms with Gasteiger partial charge in [-0.1, -0.05) is 12.1 Å². The Morgan fingerprint density at radius 3 is 3.07 bits per heavy atom. The van der Waals surface area contributed by atoms with Crippen molar-refractivity contribution in [3.63, 3.8) is 0 Å². The highest BCUT2D eigenvalue weighted by molar-refractivity contribution is 5.93. The lowest BCUT2D eigenvalue weighted by Gasteiger charge is -2.17. The average Bonchev–Trinajstić information content (AvgIpc) is 2.17. The molecular weight excluding hydrogens is 176 g/mol. The summed E-state index contributed by atoms with van der Waals surface area (Å²) in [5.41, 5.74) is 3.42. The van der Waals surface area contributed by atoms with E-state index in [1.54, 1.807) is 0 Å². The van der Waals surface area contributed by atoms with Gasteiger partial charge in [0.25, 0.3) is 0 Å². The zero-order valence-electron chi connectivity index (χ0n) is 8.26. The van der Waals surface area contributed by atoms with E-state index in [-0.39, 0.29) is 5.91 Å². The Kier molecular flexibility index (Phi) is 2.50. The number of hydrogen-bond donors (Lipinski definition) is 2. The molecular formula is C11H14N2O. The number of anilines is 1. The number of fused-ring (bicyclic) bond motifs is 1. The Morgan fingerprint density at radius 2 is 2.29 bits per heavy atom. The fourth-order valence-electron chi connectivity index (χ4n) is 1.73. The Balaban J connectivity index is 2.28. The minimum Gasteiger partial charge on any atom is -0.326 e. The maximum absolute atomic E-state index is 11.2. The third-order valence-electron chi connectivity index (χ3n) is 2.45. The number of carbonyl (C=O) groups is 1. The summed E-state index contributed by atoms with van der Waals surface area (Å²) in [6.45, 7) is 0.836. The van der Waals surface area contributed by atoms with Gasteiger partial charge in [0.1, 0.15) is 0 Å². The van der Waals surface area contributed by atoms with Gasteiger partial charge in [0, 0.05) is 18.7 Å². The standard InChI is InChI=1S/C11H14N2O/c1-12-7-8-2-3-9-4-5-11(14)13-10(9)6-8/h2-3,6,12H,4-5,7H2,1H3,(H,13,14). The Bertz CT molecular complexity index is 360. The summed E-state index contributed by atoms with van der Waals surface area (Å²) in [7, 11) is 1.91. The maximum Gasteiger partial charge on any atom is 0.224 e. The molecule has 0 saturated heterocycles. The van der Waals surface area contributed by atoms with E-state index in [1.807, 2.05) is 13.1 Å². The zero-order chi connectivity index (χ0) is 9.97. The van der Waals surface area contributed by atoms with Crippen molar-refractivity contribution in [1.29, 1.82) is 0 Å². The van der Waals surface area contributed by atoms with E-state index in [0.29, 0.717) is 6.42 Å². The van der Waals surface area contributed by atoms with E-state index in [1.165, 1.54) is 11.1 Å². The minimum atomic E-state index is 0.124. The highest BCUT2D eigenvalue weighted by atomic mass is 16.1. The molecule has 2 N–H and O–H groups in total. The van der Waals surface area contributed by atoms with E-state index in [0.717, 1.165) is 18.7 Å². The average molecular weight is 190 g/mol. The monoisotopic (exact) mass is 190 g/mol. The predicted octanol–water partition coefficient (Wildman–Crippen LogP) is 1.29. The number of carbonyl (C=O) groups excluding carboxylic acids is 1. The van der Waals surface area contributed by atoms with Gasteiger partial charge in [-0.15, -0.1) is 0 Å². The summed E-state index contributed by atoms with van der Waals surface area (Å²) in [5, 5.41) is 5.98. The molecule has 0 aliphatic carbocycles. The van der Waals surface area contributed by atoms with Crippen molar-refractivity contribution < 1.29 is 4.79 Å². The van der Waals surface area contributed by atoms with Gasteiger partial charge in [-0.3, -0.25) is 4.79 Å². The highest BCUT2D eigenvalue weighted by Gasteiger charge is 2.14. The van der Waals surface area contributed by atoms with Crippen LogP contribution in [-0.4, -0.2) is 13.0 Å². The first-order valence-electron chi connectivity index (χ1n) is 4.86. The van der Waals surface area contributed by atoms with Crippen LogP contribution in [0, 0.1) is 0 Å². The van der Waals surface area contributed by atoms with Crippen molar-refractivity contribution in [2.24, 2.45) is 0 Å². The molecule has 0 spiro atoms. The number of rotatable bonds is 2. The SMILES string of the molecule is CNCc1ccc2c(c1)NC(=O)CC2. The lowest BCUT2D eigenvalue weighted by atomic mass is 10.0. The van der Waals surface area contributed by atoms with Gasteiger partial charge in [-0.2, -0.15) is 0 Å². The third-order valence-corrected chi connectivity index (χ3v) is 2.45. The number of nitrogens with one attached hydrogen (secondary N) is 2. The van der Waals surface area contributed by atoms with Crippen molar-refractivity contribution in [3.05, 3.63) is 29.3 Å². The van der Waals surface area contributed by atoms with Crippen LogP contribution in [0.4, 0.5) is 5.69 Å². The summed E-state index contributed by atoms with van der Waals surface area (Å²) < 4.78 is 0. The summed E-state index contributed by atoms with van der Waals surface area (Å²) in [4.78, 5) is 11.2. The van der Waals surface area contributed by atoms with Crippen molar-refractivity contribution >= 4 is 11.6 Å². The van der Waals surface area contributed by atoms with Crippen LogP contribution in [0.15, 0.2) is 18.2 Å². The molecule has 0 atom stereocenters. The molecule has 14 heavy (non-hydrogen) atoms. The molecule has 0 radical (unpaired) electrons. The molecule has 1 amide bonds.